The largest absolute Gasteiger partial charge is 0.497 e. The molecule has 0 bridgehead atoms. The van der Waals surface area contributed by atoms with E-state index in [0.717, 1.165) is 22.6 Å². The summed E-state index contributed by atoms with van der Waals surface area (Å²) in [5.74, 6) is 1.68. The van der Waals surface area contributed by atoms with Gasteiger partial charge in [-0.05, 0) is 31.7 Å². The van der Waals surface area contributed by atoms with Crippen molar-refractivity contribution in [3.63, 3.8) is 0 Å². The summed E-state index contributed by atoms with van der Waals surface area (Å²) in [4.78, 5) is 0. The Balaban J connectivity index is 2.26. The molecule has 1 atom stereocenters. The van der Waals surface area contributed by atoms with Gasteiger partial charge >= 0.3 is 0 Å². The SMILES string of the molecule is COc1ccc(OCc2ccccc2)c(C(C)(C)PCl)c1. The van der Waals surface area contributed by atoms with Gasteiger partial charge in [0, 0.05) is 10.7 Å². The van der Waals surface area contributed by atoms with Crippen LogP contribution >= 0.6 is 19.2 Å². The maximum atomic E-state index is 6.14. The number of methoxy groups -OCH3 is 1. The lowest BCUT2D eigenvalue weighted by molar-refractivity contribution is 0.300. The summed E-state index contributed by atoms with van der Waals surface area (Å²) >= 11 is 6.14. The molecule has 0 heterocycles. The smallest absolute Gasteiger partial charge is 0.124 e. The topological polar surface area (TPSA) is 18.5 Å². The fourth-order valence-electron chi connectivity index (χ4n) is 2.04. The lowest BCUT2D eigenvalue weighted by atomic mass is 10.0. The van der Waals surface area contributed by atoms with Gasteiger partial charge in [-0.15, -0.1) is 0 Å². The van der Waals surface area contributed by atoms with Crippen molar-refractivity contribution in [2.75, 3.05) is 7.11 Å². The first kappa shape index (κ1) is 16.1. The highest BCUT2D eigenvalue weighted by Crippen LogP contribution is 2.48. The Kier molecular flexibility index (Phi) is 5.50. The van der Waals surface area contributed by atoms with Crippen molar-refractivity contribution in [3.05, 3.63) is 59.7 Å². The Morgan fingerprint density at radius 1 is 1.10 bits per heavy atom. The molecule has 0 fully saturated rings. The monoisotopic (exact) mass is 322 g/mol. The summed E-state index contributed by atoms with van der Waals surface area (Å²) < 4.78 is 11.3. The van der Waals surface area contributed by atoms with Crippen LogP contribution in [0.1, 0.15) is 25.0 Å². The molecule has 0 aliphatic heterocycles. The fourth-order valence-corrected chi connectivity index (χ4v) is 2.64. The average Bonchev–Trinajstić information content (AvgIpc) is 2.53. The van der Waals surface area contributed by atoms with Crippen molar-refractivity contribution in [2.45, 2.75) is 25.6 Å². The van der Waals surface area contributed by atoms with E-state index < -0.39 is 0 Å². The van der Waals surface area contributed by atoms with Gasteiger partial charge in [0.25, 0.3) is 0 Å². The van der Waals surface area contributed by atoms with Gasteiger partial charge < -0.3 is 9.47 Å². The third-order valence-electron chi connectivity index (χ3n) is 3.33. The first-order valence-corrected chi connectivity index (χ1v) is 8.81. The summed E-state index contributed by atoms with van der Waals surface area (Å²) in [6, 6.07) is 16.0. The van der Waals surface area contributed by atoms with Crippen LogP contribution in [0.15, 0.2) is 48.5 Å². The molecule has 2 aromatic carbocycles. The van der Waals surface area contributed by atoms with Crippen LogP contribution in [0, 0.1) is 0 Å². The van der Waals surface area contributed by atoms with Gasteiger partial charge in [-0.25, -0.2) is 0 Å². The highest BCUT2D eigenvalue weighted by molar-refractivity contribution is 7.69. The second kappa shape index (κ2) is 7.15. The summed E-state index contributed by atoms with van der Waals surface area (Å²) in [7, 11) is 1.93. The molecule has 2 rings (SSSR count). The molecule has 0 aromatic heterocycles. The van der Waals surface area contributed by atoms with Gasteiger partial charge in [-0.3, -0.25) is 0 Å². The van der Waals surface area contributed by atoms with Crippen LogP contribution in [0.5, 0.6) is 11.5 Å². The normalized spacial score (nSPS) is 11.8. The van der Waals surface area contributed by atoms with E-state index in [1.807, 2.05) is 36.4 Å². The summed E-state index contributed by atoms with van der Waals surface area (Å²) in [6.45, 7) is 4.77. The lowest BCUT2D eigenvalue weighted by Gasteiger charge is -2.25. The standard InChI is InChI=1S/C17H20ClO2P/c1-17(2,21-18)15-11-14(19-3)9-10-16(15)20-12-13-7-5-4-6-8-13/h4-11,21H,12H2,1-3H3. The minimum atomic E-state index is -0.151. The van der Waals surface area contributed by atoms with Crippen LogP contribution < -0.4 is 9.47 Å². The molecule has 2 nitrogen and oxygen atoms in total. The maximum absolute atomic E-state index is 6.14. The number of ether oxygens (including phenoxy) is 2. The quantitative estimate of drug-likeness (QED) is 0.668. The maximum Gasteiger partial charge on any atom is 0.124 e. The van der Waals surface area contributed by atoms with E-state index in [9.17, 15) is 0 Å². The Morgan fingerprint density at radius 3 is 2.43 bits per heavy atom. The zero-order valence-corrected chi connectivity index (χ0v) is 14.3. The molecule has 112 valence electrons. The van der Waals surface area contributed by atoms with Crippen molar-refractivity contribution in [3.8, 4) is 11.5 Å². The van der Waals surface area contributed by atoms with E-state index >= 15 is 0 Å². The molecule has 0 saturated heterocycles. The van der Waals surface area contributed by atoms with E-state index in [2.05, 4.69) is 26.0 Å². The number of halogens is 1. The molecule has 0 saturated carbocycles. The van der Waals surface area contributed by atoms with Crippen LogP contribution in [0.25, 0.3) is 0 Å². The first-order valence-electron chi connectivity index (χ1n) is 6.80. The van der Waals surface area contributed by atoms with Crippen LogP contribution in [-0.4, -0.2) is 7.11 Å². The predicted octanol–water partition coefficient (Wildman–Crippen LogP) is 5.34. The highest BCUT2D eigenvalue weighted by atomic mass is 35.7. The molecule has 0 aliphatic carbocycles. The molecule has 0 aliphatic rings. The van der Waals surface area contributed by atoms with Gasteiger partial charge in [0.1, 0.15) is 18.1 Å². The van der Waals surface area contributed by atoms with E-state index in [1.54, 1.807) is 7.11 Å². The number of hydrogen-bond acceptors (Lipinski definition) is 2. The average molecular weight is 323 g/mol. The van der Waals surface area contributed by atoms with E-state index in [1.165, 1.54) is 0 Å². The number of benzene rings is 2. The highest BCUT2D eigenvalue weighted by Gasteiger charge is 2.24. The van der Waals surface area contributed by atoms with Gasteiger partial charge in [-0.2, -0.15) is 0 Å². The third-order valence-corrected chi connectivity index (χ3v) is 5.49. The molecular weight excluding hydrogens is 303 g/mol. The second-order valence-corrected chi connectivity index (χ2v) is 7.36. The van der Waals surface area contributed by atoms with E-state index in [0.29, 0.717) is 6.61 Å². The van der Waals surface area contributed by atoms with Gasteiger partial charge in [-0.1, -0.05) is 55.4 Å². The van der Waals surface area contributed by atoms with E-state index in [-0.39, 0.29) is 13.1 Å². The first-order chi connectivity index (χ1) is 10.1. The zero-order valence-electron chi connectivity index (χ0n) is 12.5. The van der Waals surface area contributed by atoms with Crippen molar-refractivity contribution in [2.24, 2.45) is 0 Å². The zero-order chi connectivity index (χ0) is 15.3. The van der Waals surface area contributed by atoms with Crippen LogP contribution in [-0.2, 0) is 11.8 Å². The van der Waals surface area contributed by atoms with Crippen molar-refractivity contribution in [1.29, 1.82) is 0 Å². The summed E-state index contributed by atoms with van der Waals surface area (Å²) in [6.07, 6.45) is 0. The van der Waals surface area contributed by atoms with Crippen molar-refractivity contribution in [1.82, 2.24) is 0 Å². The Hall–Kier alpha value is -1.24. The van der Waals surface area contributed by atoms with Crippen molar-refractivity contribution < 1.29 is 9.47 Å². The lowest BCUT2D eigenvalue weighted by Crippen LogP contribution is -2.11. The van der Waals surface area contributed by atoms with E-state index in [4.69, 9.17) is 20.7 Å². The predicted molar refractivity (Wildman–Crippen MR) is 91.0 cm³/mol. The van der Waals surface area contributed by atoms with Crippen LogP contribution in [0.2, 0.25) is 0 Å². The Bertz CT molecular complexity index is 585. The number of rotatable bonds is 6. The third kappa shape index (κ3) is 4.12. The summed E-state index contributed by atoms with van der Waals surface area (Å²) in [5, 5.41) is -0.151. The molecular formula is C17H20ClO2P. The minimum Gasteiger partial charge on any atom is -0.497 e. The molecule has 0 amide bonds. The van der Waals surface area contributed by atoms with Gasteiger partial charge in [0.2, 0.25) is 0 Å². The Labute approximate surface area is 133 Å². The van der Waals surface area contributed by atoms with Crippen LogP contribution in [0.4, 0.5) is 0 Å². The molecule has 0 radical (unpaired) electrons. The minimum absolute atomic E-state index is 0.151. The molecule has 0 N–H and O–H groups in total. The van der Waals surface area contributed by atoms with Crippen molar-refractivity contribution >= 4 is 19.2 Å². The molecule has 2 aromatic rings. The Morgan fingerprint density at radius 2 is 1.81 bits per heavy atom. The van der Waals surface area contributed by atoms with Crippen LogP contribution in [0.3, 0.4) is 0 Å². The molecule has 21 heavy (non-hydrogen) atoms. The fraction of sp³-hybridized carbons (Fsp3) is 0.294. The second-order valence-electron chi connectivity index (χ2n) is 5.36. The van der Waals surface area contributed by atoms with Gasteiger partial charge in [0.05, 0.1) is 7.11 Å². The molecule has 1 unspecified atom stereocenters. The molecule has 0 spiro atoms. The molecule has 4 heteroatoms. The number of hydrogen-bond donors (Lipinski definition) is 0. The van der Waals surface area contributed by atoms with Gasteiger partial charge in [0.15, 0.2) is 0 Å². The summed E-state index contributed by atoms with van der Waals surface area (Å²) in [5.41, 5.74) is 2.22.